The fourth-order valence-corrected chi connectivity index (χ4v) is 2.59. The summed E-state index contributed by atoms with van der Waals surface area (Å²) in [5.74, 6) is 0.837. The average molecular weight is 426 g/mol. The third-order valence-corrected chi connectivity index (χ3v) is 3.89. The second-order valence-electron chi connectivity index (χ2n) is 4.59. The van der Waals surface area contributed by atoms with Crippen molar-refractivity contribution in [3.05, 3.63) is 16.1 Å². The van der Waals surface area contributed by atoms with Gasteiger partial charge in [0.2, 0.25) is 0 Å². The van der Waals surface area contributed by atoms with Crippen LogP contribution >= 0.6 is 35.3 Å². The molecule has 0 radical (unpaired) electrons. The molecule has 0 bridgehead atoms. The summed E-state index contributed by atoms with van der Waals surface area (Å²) in [7, 11) is 1.70. The Morgan fingerprint density at radius 2 is 2.24 bits per heavy atom. The molecule has 7 heteroatoms. The van der Waals surface area contributed by atoms with Gasteiger partial charge in [-0.15, -0.1) is 35.3 Å². The molecule has 1 aromatic rings. The average Bonchev–Trinajstić information content (AvgIpc) is 2.87. The maximum atomic E-state index is 5.12. The Hall–Kier alpha value is -0.410. The number of hydrogen-bond donors (Lipinski definition) is 2. The van der Waals surface area contributed by atoms with Crippen LogP contribution < -0.4 is 10.6 Å². The number of nitrogens with one attached hydrogen (secondary N) is 2. The van der Waals surface area contributed by atoms with E-state index in [-0.39, 0.29) is 30.0 Å². The molecule has 122 valence electrons. The molecule has 5 nitrogen and oxygen atoms in total. The molecule has 0 spiro atoms. The molecular weight excluding hydrogens is 399 g/mol. The molecule has 0 aliphatic rings. The van der Waals surface area contributed by atoms with Crippen molar-refractivity contribution in [2.75, 3.05) is 26.8 Å². The Kier molecular flexibility index (Phi) is 11.9. The lowest BCUT2D eigenvalue weighted by Gasteiger charge is -2.16. The van der Waals surface area contributed by atoms with Crippen LogP contribution in [0.5, 0.6) is 0 Å². The summed E-state index contributed by atoms with van der Waals surface area (Å²) in [4.78, 5) is 10.3. The molecule has 1 rings (SSSR count). The summed E-state index contributed by atoms with van der Waals surface area (Å²) in [6.07, 6.45) is 3.91. The van der Waals surface area contributed by atoms with E-state index in [9.17, 15) is 0 Å². The van der Waals surface area contributed by atoms with Crippen molar-refractivity contribution in [1.29, 1.82) is 0 Å². The number of guanidine groups is 1. The number of rotatable bonds is 8. The monoisotopic (exact) mass is 426 g/mol. The van der Waals surface area contributed by atoms with E-state index in [1.807, 2.05) is 6.20 Å². The van der Waals surface area contributed by atoms with Gasteiger partial charge in [0, 0.05) is 43.7 Å². The first-order chi connectivity index (χ1) is 9.69. The second-order valence-corrected chi connectivity index (χ2v) is 5.79. The molecule has 0 fully saturated rings. The standard InChI is InChI=1S/C14H26N4OS.HI/c1-5-12-9-17-13(20-12)7-8-16-14(15-6-2)18-11(3)10-19-4;/h9,11H,5-8,10H2,1-4H3,(H2,15,16,18);1H. The first-order valence-electron chi connectivity index (χ1n) is 7.16. The van der Waals surface area contributed by atoms with Gasteiger partial charge in [0.1, 0.15) is 0 Å². The number of aromatic nitrogens is 1. The van der Waals surface area contributed by atoms with E-state index >= 15 is 0 Å². The lowest BCUT2D eigenvalue weighted by atomic mass is 10.4. The first-order valence-corrected chi connectivity index (χ1v) is 7.98. The van der Waals surface area contributed by atoms with Crippen LogP contribution in [0.4, 0.5) is 0 Å². The van der Waals surface area contributed by atoms with Crippen LogP contribution in [0.3, 0.4) is 0 Å². The molecule has 0 aliphatic carbocycles. The topological polar surface area (TPSA) is 58.5 Å². The summed E-state index contributed by atoms with van der Waals surface area (Å²) in [6.45, 7) is 8.54. The summed E-state index contributed by atoms with van der Waals surface area (Å²) in [6, 6.07) is 0.240. The fourth-order valence-electron chi connectivity index (χ4n) is 1.74. The molecule has 21 heavy (non-hydrogen) atoms. The maximum absolute atomic E-state index is 5.12. The van der Waals surface area contributed by atoms with Crippen molar-refractivity contribution in [1.82, 2.24) is 15.6 Å². The van der Waals surface area contributed by atoms with E-state index in [2.05, 4.69) is 41.4 Å². The van der Waals surface area contributed by atoms with Gasteiger partial charge >= 0.3 is 0 Å². The molecule has 1 aromatic heterocycles. The number of aliphatic imine (C=N–C) groups is 1. The molecule has 0 saturated heterocycles. The predicted octanol–water partition coefficient (Wildman–Crippen LogP) is 2.46. The zero-order valence-corrected chi connectivity index (χ0v) is 16.5. The first kappa shape index (κ1) is 20.6. The molecule has 1 unspecified atom stereocenters. The van der Waals surface area contributed by atoms with Crippen LogP contribution in [0.1, 0.15) is 30.7 Å². The number of nitrogens with zero attached hydrogens (tertiary/aromatic N) is 2. The molecular formula is C14H27IN4OS. The van der Waals surface area contributed by atoms with Crippen molar-refractivity contribution in [2.24, 2.45) is 4.99 Å². The summed E-state index contributed by atoms with van der Waals surface area (Å²) in [5.41, 5.74) is 0. The minimum absolute atomic E-state index is 0. The number of aryl methyl sites for hydroxylation is 1. The normalized spacial score (nSPS) is 12.7. The van der Waals surface area contributed by atoms with Gasteiger partial charge in [0.25, 0.3) is 0 Å². The number of ether oxygens (including phenoxy) is 1. The van der Waals surface area contributed by atoms with Gasteiger partial charge in [-0.2, -0.15) is 0 Å². The highest BCUT2D eigenvalue weighted by molar-refractivity contribution is 14.0. The highest BCUT2D eigenvalue weighted by Crippen LogP contribution is 2.13. The van der Waals surface area contributed by atoms with Crippen molar-refractivity contribution in [3.8, 4) is 0 Å². The van der Waals surface area contributed by atoms with Crippen molar-refractivity contribution >= 4 is 41.3 Å². The van der Waals surface area contributed by atoms with Gasteiger partial charge in [-0.3, -0.25) is 4.99 Å². The van der Waals surface area contributed by atoms with Gasteiger partial charge in [-0.05, 0) is 20.3 Å². The highest BCUT2D eigenvalue weighted by Gasteiger charge is 2.05. The smallest absolute Gasteiger partial charge is 0.191 e. The Bertz CT molecular complexity index is 411. The van der Waals surface area contributed by atoms with E-state index in [0.717, 1.165) is 36.9 Å². The quantitative estimate of drug-likeness (QED) is 0.381. The minimum Gasteiger partial charge on any atom is -0.383 e. The number of halogens is 1. The van der Waals surface area contributed by atoms with Crippen LogP contribution in [-0.2, 0) is 17.6 Å². The third kappa shape index (κ3) is 8.57. The number of thiazole rings is 1. The number of hydrogen-bond acceptors (Lipinski definition) is 4. The van der Waals surface area contributed by atoms with Crippen LogP contribution in [0.25, 0.3) is 0 Å². The van der Waals surface area contributed by atoms with Crippen molar-refractivity contribution in [3.63, 3.8) is 0 Å². The summed E-state index contributed by atoms with van der Waals surface area (Å²) < 4.78 is 5.12. The maximum Gasteiger partial charge on any atom is 0.191 e. The van der Waals surface area contributed by atoms with Gasteiger partial charge in [0.15, 0.2) is 5.96 Å². The van der Waals surface area contributed by atoms with E-state index in [4.69, 9.17) is 4.74 Å². The molecule has 1 atom stereocenters. The Morgan fingerprint density at radius 1 is 1.48 bits per heavy atom. The lowest BCUT2D eigenvalue weighted by molar-refractivity contribution is 0.179. The summed E-state index contributed by atoms with van der Waals surface area (Å²) in [5, 5.41) is 7.72. The van der Waals surface area contributed by atoms with E-state index in [1.165, 1.54) is 4.88 Å². The van der Waals surface area contributed by atoms with Crippen molar-refractivity contribution < 1.29 is 4.74 Å². The zero-order chi connectivity index (χ0) is 14.8. The third-order valence-electron chi connectivity index (χ3n) is 2.69. The Balaban J connectivity index is 0.00000400. The molecule has 1 heterocycles. The lowest BCUT2D eigenvalue weighted by Crippen LogP contribution is -2.44. The fraction of sp³-hybridized carbons (Fsp3) is 0.714. The van der Waals surface area contributed by atoms with Gasteiger partial charge in [-0.1, -0.05) is 6.92 Å². The Labute approximate surface area is 149 Å². The molecule has 0 saturated carbocycles. The summed E-state index contributed by atoms with van der Waals surface area (Å²) >= 11 is 1.78. The van der Waals surface area contributed by atoms with Crippen molar-refractivity contribution in [2.45, 2.75) is 39.7 Å². The van der Waals surface area contributed by atoms with E-state index in [0.29, 0.717) is 6.61 Å². The van der Waals surface area contributed by atoms with Gasteiger partial charge in [-0.25, -0.2) is 4.98 Å². The van der Waals surface area contributed by atoms with Crippen LogP contribution in [0.2, 0.25) is 0 Å². The zero-order valence-electron chi connectivity index (χ0n) is 13.3. The van der Waals surface area contributed by atoms with E-state index in [1.54, 1.807) is 18.4 Å². The Morgan fingerprint density at radius 3 is 2.81 bits per heavy atom. The molecule has 0 amide bonds. The van der Waals surface area contributed by atoms with Gasteiger partial charge in [0.05, 0.1) is 11.6 Å². The van der Waals surface area contributed by atoms with Gasteiger partial charge < -0.3 is 15.4 Å². The highest BCUT2D eigenvalue weighted by atomic mass is 127. The number of methoxy groups -OCH3 is 1. The van der Waals surface area contributed by atoms with E-state index < -0.39 is 0 Å². The largest absolute Gasteiger partial charge is 0.383 e. The SMILES string of the molecule is CCNC(=NCCc1ncc(CC)s1)NC(C)COC.I. The van der Waals surface area contributed by atoms with Crippen LogP contribution in [0, 0.1) is 0 Å². The molecule has 2 N–H and O–H groups in total. The van der Waals surface area contributed by atoms with Crippen LogP contribution in [0.15, 0.2) is 11.2 Å². The molecule has 0 aromatic carbocycles. The molecule has 0 aliphatic heterocycles. The van der Waals surface area contributed by atoms with Crippen LogP contribution in [-0.4, -0.2) is 43.8 Å². The second kappa shape index (κ2) is 12.2. The minimum atomic E-state index is 0. The predicted molar refractivity (Wildman–Crippen MR) is 101 cm³/mol.